The van der Waals surface area contributed by atoms with Gasteiger partial charge in [-0.1, -0.05) is 30.3 Å². The summed E-state index contributed by atoms with van der Waals surface area (Å²) in [5, 5.41) is 3.27. The van der Waals surface area contributed by atoms with Crippen molar-refractivity contribution in [1.29, 1.82) is 0 Å². The summed E-state index contributed by atoms with van der Waals surface area (Å²) in [6, 6.07) is 17.2. The van der Waals surface area contributed by atoms with E-state index in [4.69, 9.17) is 0 Å². The Balaban J connectivity index is 1.96. The van der Waals surface area contributed by atoms with Gasteiger partial charge in [0.15, 0.2) is 0 Å². The zero-order valence-corrected chi connectivity index (χ0v) is 11.4. The molecule has 0 aliphatic carbocycles. The van der Waals surface area contributed by atoms with E-state index in [1.54, 1.807) is 12.1 Å². The van der Waals surface area contributed by atoms with Crippen molar-refractivity contribution in [2.75, 3.05) is 16.3 Å². The molecule has 0 atom stereocenters. The highest BCUT2D eigenvalue weighted by Gasteiger charge is 2.01. The number of nitrogens with one attached hydrogen (secondary N) is 2. The molecule has 0 saturated heterocycles. The predicted molar refractivity (Wildman–Crippen MR) is 78.7 cm³/mol. The minimum atomic E-state index is -3.22. The van der Waals surface area contributed by atoms with Gasteiger partial charge in [0.25, 0.3) is 0 Å². The lowest BCUT2D eigenvalue weighted by Crippen LogP contribution is -2.09. The third-order valence-electron chi connectivity index (χ3n) is 2.53. The minimum absolute atomic E-state index is 0.563. The highest BCUT2D eigenvalue weighted by Crippen LogP contribution is 2.15. The smallest absolute Gasteiger partial charge is 0.229 e. The normalized spacial score (nSPS) is 11.0. The Kier molecular flexibility index (Phi) is 4.06. The second-order valence-electron chi connectivity index (χ2n) is 4.29. The summed E-state index contributed by atoms with van der Waals surface area (Å²) in [6.07, 6.45) is 1.13. The average Bonchev–Trinajstić information content (AvgIpc) is 2.37. The van der Waals surface area contributed by atoms with Crippen LogP contribution in [0.2, 0.25) is 0 Å². The Morgan fingerprint density at radius 3 is 2.05 bits per heavy atom. The van der Waals surface area contributed by atoms with E-state index in [1.165, 1.54) is 5.56 Å². The molecule has 100 valence electrons. The van der Waals surface area contributed by atoms with Gasteiger partial charge in [0.2, 0.25) is 10.0 Å². The highest BCUT2D eigenvalue weighted by molar-refractivity contribution is 7.92. The number of benzene rings is 2. The van der Waals surface area contributed by atoms with Crippen molar-refractivity contribution in [2.24, 2.45) is 0 Å². The molecule has 0 unspecified atom stereocenters. The number of hydrogen-bond acceptors (Lipinski definition) is 3. The monoisotopic (exact) mass is 276 g/mol. The largest absolute Gasteiger partial charge is 0.381 e. The maximum absolute atomic E-state index is 11.1. The zero-order valence-electron chi connectivity index (χ0n) is 10.6. The fourth-order valence-electron chi connectivity index (χ4n) is 1.67. The number of hydrogen-bond donors (Lipinski definition) is 2. The third kappa shape index (κ3) is 4.63. The van der Waals surface area contributed by atoms with Gasteiger partial charge in [0.1, 0.15) is 0 Å². The molecular weight excluding hydrogens is 260 g/mol. The topological polar surface area (TPSA) is 58.2 Å². The lowest BCUT2D eigenvalue weighted by Gasteiger charge is -2.08. The van der Waals surface area contributed by atoms with Crippen molar-refractivity contribution >= 4 is 21.4 Å². The Morgan fingerprint density at radius 1 is 0.895 bits per heavy atom. The number of rotatable bonds is 5. The second kappa shape index (κ2) is 5.75. The van der Waals surface area contributed by atoms with Crippen LogP contribution < -0.4 is 10.0 Å². The Bertz CT molecular complexity index is 622. The Hall–Kier alpha value is -2.01. The van der Waals surface area contributed by atoms with E-state index in [0.717, 1.165) is 18.5 Å². The minimum Gasteiger partial charge on any atom is -0.381 e. The Labute approximate surface area is 113 Å². The van der Waals surface area contributed by atoms with Crippen LogP contribution in [0.5, 0.6) is 0 Å². The summed E-state index contributed by atoms with van der Waals surface area (Å²) in [4.78, 5) is 0. The molecule has 2 N–H and O–H groups in total. The first kappa shape index (κ1) is 13.4. The van der Waals surface area contributed by atoms with Gasteiger partial charge in [0.05, 0.1) is 6.26 Å². The first-order valence-corrected chi connectivity index (χ1v) is 7.78. The maximum atomic E-state index is 11.1. The standard InChI is InChI=1S/C14H16N2O2S/c1-19(17,18)16-14-9-7-13(8-10-14)15-11-12-5-3-2-4-6-12/h2-10,15-16H,11H2,1H3. The quantitative estimate of drug-likeness (QED) is 0.882. The predicted octanol–water partition coefficient (Wildman–Crippen LogP) is 2.67. The zero-order chi connectivity index (χ0) is 13.7. The third-order valence-corrected chi connectivity index (χ3v) is 3.13. The fourth-order valence-corrected chi connectivity index (χ4v) is 2.23. The van der Waals surface area contributed by atoms with E-state index in [1.807, 2.05) is 42.5 Å². The summed E-state index contributed by atoms with van der Waals surface area (Å²) in [7, 11) is -3.22. The molecule has 4 nitrogen and oxygen atoms in total. The van der Waals surface area contributed by atoms with E-state index in [-0.39, 0.29) is 0 Å². The SMILES string of the molecule is CS(=O)(=O)Nc1ccc(NCc2ccccc2)cc1. The van der Waals surface area contributed by atoms with Gasteiger partial charge in [-0.25, -0.2) is 8.42 Å². The van der Waals surface area contributed by atoms with Crippen molar-refractivity contribution in [3.63, 3.8) is 0 Å². The molecule has 0 saturated carbocycles. The van der Waals surface area contributed by atoms with Crippen molar-refractivity contribution in [3.05, 3.63) is 60.2 Å². The molecule has 0 radical (unpaired) electrons. The van der Waals surface area contributed by atoms with E-state index in [0.29, 0.717) is 5.69 Å². The maximum Gasteiger partial charge on any atom is 0.229 e. The van der Waals surface area contributed by atoms with Gasteiger partial charge in [0, 0.05) is 17.9 Å². The fraction of sp³-hybridized carbons (Fsp3) is 0.143. The lowest BCUT2D eigenvalue weighted by atomic mass is 10.2. The first-order valence-electron chi connectivity index (χ1n) is 5.88. The molecule has 0 bridgehead atoms. The molecule has 0 fully saturated rings. The van der Waals surface area contributed by atoms with Crippen LogP contribution in [-0.2, 0) is 16.6 Å². The highest BCUT2D eigenvalue weighted by atomic mass is 32.2. The molecule has 0 amide bonds. The molecular formula is C14H16N2O2S. The number of sulfonamides is 1. The molecule has 0 spiro atoms. The molecule has 5 heteroatoms. The van der Waals surface area contributed by atoms with Gasteiger partial charge in [-0.3, -0.25) is 4.72 Å². The van der Waals surface area contributed by atoms with Gasteiger partial charge < -0.3 is 5.32 Å². The molecule has 19 heavy (non-hydrogen) atoms. The number of anilines is 2. The molecule has 0 aromatic heterocycles. The van der Waals surface area contributed by atoms with Gasteiger partial charge in [-0.05, 0) is 29.8 Å². The van der Waals surface area contributed by atoms with E-state index in [2.05, 4.69) is 10.0 Å². The van der Waals surface area contributed by atoms with Gasteiger partial charge in [-0.2, -0.15) is 0 Å². The molecule has 0 aliphatic rings. The molecule has 2 aromatic rings. The van der Waals surface area contributed by atoms with Crippen molar-refractivity contribution in [3.8, 4) is 0 Å². The second-order valence-corrected chi connectivity index (χ2v) is 6.04. The molecule has 2 aromatic carbocycles. The van der Waals surface area contributed by atoms with E-state index >= 15 is 0 Å². The summed E-state index contributed by atoms with van der Waals surface area (Å²) in [6.45, 7) is 0.736. The summed E-state index contributed by atoms with van der Waals surface area (Å²) >= 11 is 0. The van der Waals surface area contributed by atoms with Crippen LogP contribution in [-0.4, -0.2) is 14.7 Å². The van der Waals surface area contributed by atoms with Crippen LogP contribution in [0.3, 0.4) is 0 Å². The van der Waals surface area contributed by atoms with E-state index < -0.39 is 10.0 Å². The van der Waals surface area contributed by atoms with Crippen molar-refractivity contribution in [2.45, 2.75) is 6.54 Å². The molecule has 0 heterocycles. The van der Waals surface area contributed by atoms with Gasteiger partial charge in [-0.15, -0.1) is 0 Å². The van der Waals surface area contributed by atoms with Gasteiger partial charge >= 0.3 is 0 Å². The molecule has 2 rings (SSSR count). The van der Waals surface area contributed by atoms with Crippen LogP contribution in [0.1, 0.15) is 5.56 Å². The van der Waals surface area contributed by atoms with Crippen LogP contribution in [0.4, 0.5) is 11.4 Å². The van der Waals surface area contributed by atoms with Crippen LogP contribution in [0.25, 0.3) is 0 Å². The summed E-state index contributed by atoms with van der Waals surface area (Å²) < 4.78 is 24.6. The van der Waals surface area contributed by atoms with Crippen molar-refractivity contribution in [1.82, 2.24) is 0 Å². The molecule has 0 aliphatic heterocycles. The van der Waals surface area contributed by atoms with Crippen LogP contribution in [0, 0.1) is 0 Å². The van der Waals surface area contributed by atoms with Crippen molar-refractivity contribution < 1.29 is 8.42 Å². The Morgan fingerprint density at radius 2 is 1.47 bits per heavy atom. The van der Waals surface area contributed by atoms with E-state index in [9.17, 15) is 8.42 Å². The first-order chi connectivity index (χ1) is 9.03. The summed E-state index contributed by atoms with van der Waals surface area (Å²) in [5.74, 6) is 0. The average molecular weight is 276 g/mol. The summed E-state index contributed by atoms with van der Waals surface area (Å²) in [5.41, 5.74) is 2.71. The van der Waals surface area contributed by atoms with Crippen LogP contribution in [0.15, 0.2) is 54.6 Å². The van der Waals surface area contributed by atoms with Crippen LogP contribution >= 0.6 is 0 Å². The lowest BCUT2D eigenvalue weighted by molar-refractivity contribution is 0.607.